The van der Waals surface area contributed by atoms with Gasteiger partial charge in [0.15, 0.2) is 0 Å². The summed E-state index contributed by atoms with van der Waals surface area (Å²) in [5.41, 5.74) is 2.01. The van der Waals surface area contributed by atoms with Crippen LogP contribution in [-0.2, 0) is 16.0 Å². The van der Waals surface area contributed by atoms with Gasteiger partial charge in [0.2, 0.25) is 11.8 Å². The van der Waals surface area contributed by atoms with Crippen molar-refractivity contribution in [1.29, 1.82) is 0 Å². The Balaban J connectivity index is 1.81. The number of hydrogen-bond acceptors (Lipinski definition) is 3. The second-order valence-corrected chi connectivity index (χ2v) is 6.22. The number of aliphatic hydroxyl groups excluding tert-OH is 1. The highest BCUT2D eigenvalue weighted by Gasteiger charge is 2.31. The monoisotopic (exact) mass is 304 g/mol. The number of fused-ring (bicyclic) bond motifs is 1. The van der Waals surface area contributed by atoms with E-state index in [0.717, 1.165) is 17.5 Å². The lowest BCUT2D eigenvalue weighted by molar-refractivity contribution is -0.127. The van der Waals surface area contributed by atoms with Gasteiger partial charge in [-0.05, 0) is 23.5 Å². The van der Waals surface area contributed by atoms with Gasteiger partial charge in [0.25, 0.3) is 0 Å². The topological polar surface area (TPSA) is 78.4 Å². The molecule has 2 atom stereocenters. The first-order chi connectivity index (χ1) is 10.5. The molecule has 0 spiro atoms. The molecule has 1 aliphatic rings. The summed E-state index contributed by atoms with van der Waals surface area (Å²) in [5, 5.41) is 15.5. The molecule has 1 aliphatic carbocycles. The standard InChI is InChI=1S/C17H24N2O3/c1-11(2)7-8-15(21)18-10-16(22)19-17-13-6-4-3-5-12(13)9-14(17)20/h3-6,11,14,17,20H,7-10H2,1-2H3,(H,18,21)(H,19,22). The van der Waals surface area contributed by atoms with Crippen molar-refractivity contribution in [1.82, 2.24) is 10.6 Å². The average molecular weight is 304 g/mol. The van der Waals surface area contributed by atoms with E-state index in [9.17, 15) is 14.7 Å². The van der Waals surface area contributed by atoms with Crippen molar-refractivity contribution >= 4 is 11.8 Å². The third-order valence-corrected chi connectivity index (χ3v) is 3.92. The first-order valence-corrected chi connectivity index (χ1v) is 7.79. The number of aliphatic hydroxyl groups is 1. The maximum Gasteiger partial charge on any atom is 0.239 e. The molecule has 2 rings (SSSR count). The van der Waals surface area contributed by atoms with Gasteiger partial charge in [0, 0.05) is 12.8 Å². The maximum absolute atomic E-state index is 12.0. The fourth-order valence-corrected chi connectivity index (χ4v) is 2.66. The summed E-state index contributed by atoms with van der Waals surface area (Å²) in [6.07, 6.45) is 1.17. The van der Waals surface area contributed by atoms with Crippen LogP contribution in [0.4, 0.5) is 0 Å². The van der Waals surface area contributed by atoms with Crippen LogP contribution in [0.5, 0.6) is 0 Å². The number of carbonyl (C=O) groups excluding carboxylic acids is 2. The molecule has 0 aliphatic heterocycles. The van der Waals surface area contributed by atoms with E-state index in [1.165, 1.54) is 0 Å². The van der Waals surface area contributed by atoms with Gasteiger partial charge in [-0.25, -0.2) is 0 Å². The molecule has 5 nitrogen and oxygen atoms in total. The first-order valence-electron chi connectivity index (χ1n) is 7.79. The Labute approximate surface area is 131 Å². The molecule has 1 aromatic rings. The van der Waals surface area contributed by atoms with E-state index in [0.29, 0.717) is 18.8 Å². The summed E-state index contributed by atoms with van der Waals surface area (Å²) in [4.78, 5) is 23.6. The smallest absolute Gasteiger partial charge is 0.239 e. The Hall–Kier alpha value is -1.88. The van der Waals surface area contributed by atoms with Crippen molar-refractivity contribution in [3.8, 4) is 0 Å². The third kappa shape index (κ3) is 4.31. The fourth-order valence-electron chi connectivity index (χ4n) is 2.66. The highest BCUT2D eigenvalue weighted by molar-refractivity contribution is 5.85. The van der Waals surface area contributed by atoms with Crippen LogP contribution >= 0.6 is 0 Å². The predicted octanol–water partition coefficient (Wildman–Crippen LogP) is 1.31. The summed E-state index contributed by atoms with van der Waals surface area (Å²) in [5.74, 6) is 0.0691. The second-order valence-electron chi connectivity index (χ2n) is 6.22. The molecule has 0 heterocycles. The number of benzene rings is 1. The van der Waals surface area contributed by atoms with Gasteiger partial charge in [-0.15, -0.1) is 0 Å². The molecule has 2 unspecified atom stereocenters. The molecule has 0 radical (unpaired) electrons. The lowest BCUT2D eigenvalue weighted by Crippen LogP contribution is -2.41. The summed E-state index contributed by atoms with van der Waals surface area (Å²) in [6.45, 7) is 4.06. The number of hydrogen-bond donors (Lipinski definition) is 3. The molecule has 3 N–H and O–H groups in total. The highest BCUT2D eigenvalue weighted by Crippen LogP contribution is 2.30. The molecule has 0 fully saturated rings. The summed E-state index contributed by atoms with van der Waals surface area (Å²) >= 11 is 0. The minimum atomic E-state index is -0.613. The molecule has 0 aromatic heterocycles. The van der Waals surface area contributed by atoms with Crippen molar-refractivity contribution in [2.24, 2.45) is 5.92 Å². The molecular formula is C17H24N2O3. The Morgan fingerprint density at radius 1 is 1.27 bits per heavy atom. The zero-order chi connectivity index (χ0) is 16.1. The van der Waals surface area contributed by atoms with Crippen molar-refractivity contribution in [2.75, 3.05) is 6.54 Å². The fraction of sp³-hybridized carbons (Fsp3) is 0.529. The summed E-state index contributed by atoms with van der Waals surface area (Å²) in [7, 11) is 0. The van der Waals surface area contributed by atoms with Crippen LogP contribution in [0.25, 0.3) is 0 Å². The predicted molar refractivity (Wildman–Crippen MR) is 84.1 cm³/mol. The SMILES string of the molecule is CC(C)CCC(=O)NCC(=O)NC1c2ccccc2CC1O. The Morgan fingerprint density at radius 3 is 2.73 bits per heavy atom. The van der Waals surface area contributed by atoms with Gasteiger partial charge in [-0.3, -0.25) is 9.59 Å². The van der Waals surface area contributed by atoms with E-state index in [-0.39, 0.29) is 18.4 Å². The highest BCUT2D eigenvalue weighted by atomic mass is 16.3. The quantitative estimate of drug-likeness (QED) is 0.741. The van der Waals surface area contributed by atoms with E-state index in [1.54, 1.807) is 0 Å². The molecule has 120 valence electrons. The normalized spacial score (nSPS) is 19.8. The molecule has 22 heavy (non-hydrogen) atoms. The van der Waals surface area contributed by atoms with Crippen molar-refractivity contribution < 1.29 is 14.7 Å². The second kappa shape index (κ2) is 7.40. The van der Waals surface area contributed by atoms with Crippen molar-refractivity contribution in [3.05, 3.63) is 35.4 Å². The minimum absolute atomic E-state index is 0.0533. The lowest BCUT2D eigenvalue weighted by Gasteiger charge is -2.18. The number of nitrogens with one attached hydrogen (secondary N) is 2. The Morgan fingerprint density at radius 2 is 2.00 bits per heavy atom. The van der Waals surface area contributed by atoms with Crippen LogP contribution in [0.1, 0.15) is 43.9 Å². The lowest BCUT2D eigenvalue weighted by atomic mass is 10.1. The summed E-state index contributed by atoms with van der Waals surface area (Å²) in [6, 6.07) is 7.29. The van der Waals surface area contributed by atoms with Gasteiger partial charge in [-0.1, -0.05) is 38.1 Å². The number of carbonyl (C=O) groups is 2. The number of rotatable bonds is 6. The molecule has 5 heteroatoms. The average Bonchev–Trinajstić information content (AvgIpc) is 2.79. The van der Waals surface area contributed by atoms with Crippen molar-refractivity contribution in [3.63, 3.8) is 0 Å². The van der Waals surface area contributed by atoms with Crippen LogP contribution in [0.15, 0.2) is 24.3 Å². The van der Waals surface area contributed by atoms with E-state index in [1.807, 2.05) is 24.3 Å². The van der Waals surface area contributed by atoms with Gasteiger partial charge in [0.05, 0.1) is 18.7 Å². The van der Waals surface area contributed by atoms with Crippen LogP contribution in [-0.4, -0.2) is 29.6 Å². The van der Waals surface area contributed by atoms with Crippen molar-refractivity contribution in [2.45, 2.75) is 45.3 Å². The Kier molecular flexibility index (Phi) is 5.55. The zero-order valence-electron chi connectivity index (χ0n) is 13.1. The molecule has 1 aromatic carbocycles. The minimum Gasteiger partial charge on any atom is -0.390 e. The van der Waals surface area contributed by atoms with E-state index in [4.69, 9.17) is 0 Å². The molecule has 0 saturated carbocycles. The number of amides is 2. The largest absolute Gasteiger partial charge is 0.390 e. The third-order valence-electron chi connectivity index (χ3n) is 3.92. The van der Waals surface area contributed by atoms with Gasteiger partial charge in [0.1, 0.15) is 0 Å². The molecular weight excluding hydrogens is 280 g/mol. The van der Waals surface area contributed by atoms with Crippen LogP contribution in [0.3, 0.4) is 0 Å². The maximum atomic E-state index is 12.0. The molecule has 0 bridgehead atoms. The van der Waals surface area contributed by atoms with Gasteiger partial charge in [-0.2, -0.15) is 0 Å². The molecule has 0 saturated heterocycles. The Bertz CT molecular complexity index is 542. The van der Waals surface area contributed by atoms with Gasteiger partial charge < -0.3 is 15.7 Å². The van der Waals surface area contributed by atoms with E-state index in [2.05, 4.69) is 24.5 Å². The summed E-state index contributed by atoms with van der Waals surface area (Å²) < 4.78 is 0. The van der Waals surface area contributed by atoms with E-state index < -0.39 is 12.1 Å². The first kappa shape index (κ1) is 16.5. The van der Waals surface area contributed by atoms with Crippen LogP contribution < -0.4 is 10.6 Å². The van der Waals surface area contributed by atoms with Crippen LogP contribution in [0, 0.1) is 5.92 Å². The molecule has 2 amide bonds. The zero-order valence-corrected chi connectivity index (χ0v) is 13.1. The van der Waals surface area contributed by atoms with E-state index >= 15 is 0 Å². The van der Waals surface area contributed by atoms with Crippen LogP contribution in [0.2, 0.25) is 0 Å². The van der Waals surface area contributed by atoms with Gasteiger partial charge >= 0.3 is 0 Å².